The second-order valence-electron chi connectivity index (χ2n) is 5.85. The van der Waals surface area contributed by atoms with E-state index in [0.717, 1.165) is 25.3 Å². The zero-order valence-electron chi connectivity index (χ0n) is 13.2. The van der Waals surface area contributed by atoms with Crippen molar-refractivity contribution in [1.82, 2.24) is 10.6 Å². The van der Waals surface area contributed by atoms with Crippen molar-refractivity contribution in [2.75, 3.05) is 27.2 Å². The Labute approximate surface area is 117 Å². The predicted molar refractivity (Wildman–Crippen MR) is 82.2 cm³/mol. The van der Waals surface area contributed by atoms with E-state index in [4.69, 9.17) is 4.74 Å². The van der Waals surface area contributed by atoms with Crippen molar-refractivity contribution < 1.29 is 4.74 Å². The summed E-state index contributed by atoms with van der Waals surface area (Å²) in [5.74, 6) is 1.01. The molecule has 108 valence electrons. The lowest BCUT2D eigenvalue weighted by molar-refractivity contribution is 0.374. The normalized spacial score (nSPS) is 11.7. The van der Waals surface area contributed by atoms with E-state index in [-0.39, 0.29) is 5.54 Å². The summed E-state index contributed by atoms with van der Waals surface area (Å²) in [7, 11) is 3.73. The Morgan fingerprint density at radius 3 is 2.47 bits per heavy atom. The number of likely N-dealkylation sites (N-methyl/N-ethyl adjacent to an activating group) is 1. The van der Waals surface area contributed by atoms with Crippen LogP contribution in [0.15, 0.2) is 12.1 Å². The molecule has 0 heterocycles. The SMILES string of the molecule is CNCC(C)(C)NCCc1c(C)cc(C)cc1OC. The topological polar surface area (TPSA) is 33.3 Å². The summed E-state index contributed by atoms with van der Waals surface area (Å²) in [5, 5.41) is 6.79. The van der Waals surface area contributed by atoms with Gasteiger partial charge in [0, 0.05) is 12.1 Å². The summed E-state index contributed by atoms with van der Waals surface area (Å²) in [4.78, 5) is 0. The van der Waals surface area contributed by atoms with Crippen molar-refractivity contribution in [3.8, 4) is 5.75 Å². The average Bonchev–Trinajstić information content (AvgIpc) is 2.31. The Bertz CT molecular complexity index is 413. The number of hydrogen-bond acceptors (Lipinski definition) is 3. The first kappa shape index (κ1) is 16.0. The van der Waals surface area contributed by atoms with Crippen molar-refractivity contribution in [1.29, 1.82) is 0 Å². The molecule has 19 heavy (non-hydrogen) atoms. The molecule has 0 amide bonds. The van der Waals surface area contributed by atoms with Crippen LogP contribution in [0.5, 0.6) is 5.75 Å². The van der Waals surface area contributed by atoms with Gasteiger partial charge in [-0.15, -0.1) is 0 Å². The summed E-state index contributed by atoms with van der Waals surface area (Å²) in [6.07, 6.45) is 0.989. The maximum atomic E-state index is 5.50. The molecule has 0 aliphatic rings. The van der Waals surface area contributed by atoms with Crippen molar-refractivity contribution >= 4 is 0 Å². The highest BCUT2D eigenvalue weighted by atomic mass is 16.5. The molecule has 0 atom stereocenters. The van der Waals surface area contributed by atoms with Gasteiger partial charge < -0.3 is 15.4 Å². The quantitative estimate of drug-likeness (QED) is 0.793. The van der Waals surface area contributed by atoms with Gasteiger partial charge in [-0.1, -0.05) is 6.07 Å². The second kappa shape index (κ2) is 6.92. The molecular weight excluding hydrogens is 236 g/mol. The van der Waals surface area contributed by atoms with E-state index >= 15 is 0 Å². The van der Waals surface area contributed by atoms with Crippen molar-refractivity contribution in [2.45, 2.75) is 39.7 Å². The van der Waals surface area contributed by atoms with E-state index in [2.05, 4.69) is 50.5 Å². The molecule has 3 heteroatoms. The molecule has 2 N–H and O–H groups in total. The molecule has 0 aromatic heterocycles. The molecule has 1 aromatic carbocycles. The average molecular weight is 264 g/mol. The van der Waals surface area contributed by atoms with Crippen LogP contribution in [0.3, 0.4) is 0 Å². The van der Waals surface area contributed by atoms with Gasteiger partial charge in [-0.3, -0.25) is 0 Å². The first-order chi connectivity index (χ1) is 8.89. The highest BCUT2D eigenvalue weighted by Gasteiger charge is 2.16. The van der Waals surface area contributed by atoms with Crippen LogP contribution in [0.4, 0.5) is 0 Å². The summed E-state index contributed by atoms with van der Waals surface area (Å²) in [6, 6.07) is 4.33. The Balaban J connectivity index is 2.68. The number of benzene rings is 1. The zero-order chi connectivity index (χ0) is 14.5. The molecular formula is C16H28N2O. The van der Waals surface area contributed by atoms with Crippen LogP contribution in [0, 0.1) is 13.8 Å². The Kier molecular flexibility index (Phi) is 5.83. The molecule has 0 aliphatic heterocycles. The third-order valence-electron chi connectivity index (χ3n) is 3.39. The van der Waals surface area contributed by atoms with E-state index in [9.17, 15) is 0 Å². The Hall–Kier alpha value is -1.06. The van der Waals surface area contributed by atoms with E-state index in [0.29, 0.717) is 0 Å². The molecule has 0 saturated carbocycles. The van der Waals surface area contributed by atoms with Gasteiger partial charge in [-0.25, -0.2) is 0 Å². The Morgan fingerprint density at radius 2 is 1.89 bits per heavy atom. The van der Waals surface area contributed by atoms with Crippen LogP contribution >= 0.6 is 0 Å². The summed E-state index contributed by atoms with van der Waals surface area (Å²) in [6.45, 7) is 10.6. The molecule has 1 aromatic rings. The highest BCUT2D eigenvalue weighted by molar-refractivity contribution is 5.43. The molecule has 3 nitrogen and oxygen atoms in total. The number of rotatable bonds is 7. The fourth-order valence-corrected chi connectivity index (χ4v) is 2.49. The number of methoxy groups -OCH3 is 1. The third-order valence-corrected chi connectivity index (χ3v) is 3.39. The molecule has 0 spiro atoms. The smallest absolute Gasteiger partial charge is 0.122 e. The molecule has 0 aliphatic carbocycles. The second-order valence-corrected chi connectivity index (χ2v) is 5.85. The van der Waals surface area contributed by atoms with Gasteiger partial charge in [0.1, 0.15) is 5.75 Å². The predicted octanol–water partition coefficient (Wildman–Crippen LogP) is 2.44. The molecule has 0 radical (unpaired) electrons. The first-order valence-electron chi connectivity index (χ1n) is 6.93. The van der Waals surface area contributed by atoms with Crippen LogP contribution in [0.1, 0.15) is 30.5 Å². The van der Waals surface area contributed by atoms with Gasteiger partial charge in [0.15, 0.2) is 0 Å². The lowest BCUT2D eigenvalue weighted by atomic mass is 10.0. The Morgan fingerprint density at radius 1 is 1.21 bits per heavy atom. The minimum atomic E-state index is 0.112. The lowest BCUT2D eigenvalue weighted by Gasteiger charge is -2.26. The minimum Gasteiger partial charge on any atom is -0.496 e. The van der Waals surface area contributed by atoms with E-state index in [1.165, 1.54) is 16.7 Å². The van der Waals surface area contributed by atoms with Gasteiger partial charge in [0.2, 0.25) is 0 Å². The number of nitrogens with one attached hydrogen (secondary N) is 2. The highest BCUT2D eigenvalue weighted by Crippen LogP contribution is 2.24. The summed E-state index contributed by atoms with van der Waals surface area (Å²) in [5.41, 5.74) is 3.98. The third kappa shape index (κ3) is 4.84. The van der Waals surface area contributed by atoms with Crippen LogP contribution in [0.25, 0.3) is 0 Å². The van der Waals surface area contributed by atoms with Crippen molar-refractivity contribution in [3.63, 3.8) is 0 Å². The maximum Gasteiger partial charge on any atom is 0.122 e. The fraction of sp³-hybridized carbons (Fsp3) is 0.625. The standard InChI is InChI=1S/C16H28N2O/c1-12-9-13(2)14(15(10-12)19-6)7-8-18-16(3,4)11-17-5/h9-10,17-18H,7-8,11H2,1-6H3. The molecule has 0 fully saturated rings. The molecule has 1 rings (SSSR count). The van der Waals surface area contributed by atoms with E-state index in [1.807, 2.05) is 7.05 Å². The van der Waals surface area contributed by atoms with Crippen molar-refractivity contribution in [3.05, 3.63) is 28.8 Å². The molecule has 0 bridgehead atoms. The number of aryl methyl sites for hydroxylation is 2. The van der Waals surface area contributed by atoms with Gasteiger partial charge in [-0.05, 0) is 70.5 Å². The zero-order valence-corrected chi connectivity index (χ0v) is 13.2. The van der Waals surface area contributed by atoms with Gasteiger partial charge in [-0.2, -0.15) is 0 Å². The monoisotopic (exact) mass is 264 g/mol. The van der Waals surface area contributed by atoms with Crippen LogP contribution in [0.2, 0.25) is 0 Å². The summed E-state index contributed by atoms with van der Waals surface area (Å²) < 4.78 is 5.50. The molecule has 0 unspecified atom stereocenters. The van der Waals surface area contributed by atoms with Crippen LogP contribution in [-0.4, -0.2) is 32.8 Å². The lowest BCUT2D eigenvalue weighted by Crippen LogP contribution is -2.47. The summed E-state index contributed by atoms with van der Waals surface area (Å²) >= 11 is 0. The number of ether oxygens (including phenoxy) is 1. The maximum absolute atomic E-state index is 5.50. The van der Waals surface area contributed by atoms with Gasteiger partial charge in [0.25, 0.3) is 0 Å². The van der Waals surface area contributed by atoms with Crippen LogP contribution in [-0.2, 0) is 6.42 Å². The molecule has 0 saturated heterocycles. The first-order valence-corrected chi connectivity index (χ1v) is 6.93. The van der Waals surface area contributed by atoms with Crippen molar-refractivity contribution in [2.24, 2.45) is 0 Å². The van der Waals surface area contributed by atoms with E-state index in [1.54, 1.807) is 7.11 Å². The van der Waals surface area contributed by atoms with Crippen LogP contribution < -0.4 is 15.4 Å². The number of hydrogen-bond donors (Lipinski definition) is 2. The minimum absolute atomic E-state index is 0.112. The fourth-order valence-electron chi connectivity index (χ4n) is 2.49. The van der Waals surface area contributed by atoms with Gasteiger partial charge in [0.05, 0.1) is 7.11 Å². The van der Waals surface area contributed by atoms with E-state index < -0.39 is 0 Å². The largest absolute Gasteiger partial charge is 0.496 e. The van der Waals surface area contributed by atoms with Gasteiger partial charge >= 0.3 is 0 Å².